The van der Waals surface area contributed by atoms with Crippen LogP contribution in [0.2, 0.25) is 0 Å². The van der Waals surface area contributed by atoms with E-state index < -0.39 is 0 Å². The van der Waals surface area contributed by atoms with Gasteiger partial charge < -0.3 is 4.74 Å². The highest BCUT2D eigenvalue weighted by Crippen LogP contribution is 2.35. The minimum atomic E-state index is -0.0153. The zero-order valence-corrected chi connectivity index (χ0v) is 14.5. The summed E-state index contributed by atoms with van der Waals surface area (Å²) >= 11 is 6.25. The third kappa shape index (κ3) is 7.31. The van der Waals surface area contributed by atoms with Crippen LogP contribution in [0.15, 0.2) is 0 Å². The van der Waals surface area contributed by atoms with Crippen molar-refractivity contribution >= 4 is 11.6 Å². The molecule has 0 N–H and O–H groups in total. The van der Waals surface area contributed by atoms with Crippen molar-refractivity contribution in [3.8, 4) is 0 Å². The molecule has 1 aliphatic rings. The topological polar surface area (TPSA) is 9.23 Å². The molecule has 0 aliphatic carbocycles. The predicted octanol–water partition coefficient (Wildman–Crippen LogP) is 6.53. The molecule has 0 aromatic carbocycles. The predicted molar refractivity (Wildman–Crippen MR) is 89.3 cm³/mol. The maximum absolute atomic E-state index is 6.25. The number of hydrogen-bond acceptors (Lipinski definition) is 1. The molecule has 0 aromatic rings. The summed E-state index contributed by atoms with van der Waals surface area (Å²) in [5.74, 6) is 1.31. The molecule has 1 heterocycles. The van der Waals surface area contributed by atoms with E-state index in [1.54, 1.807) is 0 Å². The monoisotopic (exact) mass is 302 g/mol. The van der Waals surface area contributed by atoms with E-state index in [9.17, 15) is 0 Å². The fourth-order valence-corrected chi connectivity index (χ4v) is 3.74. The first-order valence-electron chi connectivity index (χ1n) is 9.05. The van der Waals surface area contributed by atoms with E-state index in [1.165, 1.54) is 77.0 Å². The van der Waals surface area contributed by atoms with Gasteiger partial charge in [-0.3, -0.25) is 0 Å². The van der Waals surface area contributed by atoms with Crippen LogP contribution in [0.1, 0.15) is 90.9 Å². The number of rotatable bonds is 12. The van der Waals surface area contributed by atoms with Crippen molar-refractivity contribution in [1.82, 2.24) is 0 Å². The van der Waals surface area contributed by atoms with Crippen molar-refractivity contribution in [2.45, 2.75) is 96.5 Å². The summed E-state index contributed by atoms with van der Waals surface area (Å²) in [5, 5.41) is 0. The maximum Gasteiger partial charge on any atom is 0.134 e. The van der Waals surface area contributed by atoms with Crippen LogP contribution >= 0.6 is 11.6 Å². The average Bonchev–Trinajstić information content (AvgIpc) is 2.81. The van der Waals surface area contributed by atoms with Crippen molar-refractivity contribution in [1.29, 1.82) is 0 Å². The van der Waals surface area contributed by atoms with Crippen molar-refractivity contribution in [3.05, 3.63) is 0 Å². The fraction of sp³-hybridized carbons (Fsp3) is 1.00. The summed E-state index contributed by atoms with van der Waals surface area (Å²) in [6.45, 7) is 5.42. The van der Waals surface area contributed by atoms with Gasteiger partial charge in [-0.1, -0.05) is 96.1 Å². The lowest BCUT2D eigenvalue weighted by atomic mass is 9.88. The zero-order chi connectivity index (χ0) is 14.6. The highest BCUT2D eigenvalue weighted by atomic mass is 35.5. The SMILES string of the molecule is CCCCCCCCCCCCC1C(CC)COC1Cl. The molecule has 0 spiro atoms. The van der Waals surface area contributed by atoms with Gasteiger partial charge in [0.05, 0.1) is 6.61 Å². The molecule has 1 fully saturated rings. The molecule has 0 radical (unpaired) electrons. The van der Waals surface area contributed by atoms with Crippen molar-refractivity contribution in [2.24, 2.45) is 11.8 Å². The van der Waals surface area contributed by atoms with Gasteiger partial charge in [-0.05, 0) is 12.3 Å². The number of halogens is 1. The van der Waals surface area contributed by atoms with Crippen LogP contribution in [-0.2, 0) is 4.74 Å². The second-order valence-electron chi connectivity index (χ2n) is 6.49. The first kappa shape index (κ1) is 18.3. The van der Waals surface area contributed by atoms with Crippen LogP contribution < -0.4 is 0 Å². The second-order valence-corrected chi connectivity index (χ2v) is 6.92. The van der Waals surface area contributed by atoms with Gasteiger partial charge in [0.2, 0.25) is 0 Å². The standard InChI is InChI=1S/C18H35ClO/c1-3-5-6-7-8-9-10-11-12-13-14-17-16(4-2)15-20-18(17)19/h16-18H,3-15H2,1-2H3. The lowest BCUT2D eigenvalue weighted by Crippen LogP contribution is -2.15. The Morgan fingerprint density at radius 3 is 1.95 bits per heavy atom. The van der Waals surface area contributed by atoms with Crippen molar-refractivity contribution < 1.29 is 4.74 Å². The molecular weight excluding hydrogens is 268 g/mol. The van der Waals surface area contributed by atoms with E-state index in [0.717, 1.165) is 6.61 Å². The van der Waals surface area contributed by atoms with E-state index in [1.807, 2.05) is 0 Å². The highest BCUT2D eigenvalue weighted by molar-refractivity contribution is 6.20. The summed E-state index contributed by atoms with van der Waals surface area (Å²) in [5.41, 5.74) is -0.0153. The third-order valence-electron chi connectivity index (χ3n) is 4.83. The molecule has 0 aromatic heterocycles. The summed E-state index contributed by atoms with van der Waals surface area (Å²) in [6, 6.07) is 0. The Balaban J connectivity index is 1.89. The third-order valence-corrected chi connectivity index (χ3v) is 5.28. The van der Waals surface area contributed by atoms with Gasteiger partial charge in [0.15, 0.2) is 0 Å². The molecule has 1 nitrogen and oxygen atoms in total. The molecule has 1 rings (SSSR count). The van der Waals surface area contributed by atoms with Crippen LogP contribution in [0, 0.1) is 11.8 Å². The zero-order valence-electron chi connectivity index (χ0n) is 13.7. The van der Waals surface area contributed by atoms with Gasteiger partial charge in [-0.15, -0.1) is 0 Å². The first-order valence-corrected chi connectivity index (χ1v) is 9.48. The second kappa shape index (κ2) is 11.9. The van der Waals surface area contributed by atoms with Crippen LogP contribution in [0.5, 0.6) is 0 Å². The van der Waals surface area contributed by atoms with E-state index in [0.29, 0.717) is 11.8 Å². The molecule has 20 heavy (non-hydrogen) atoms. The number of alkyl halides is 1. The summed E-state index contributed by atoms with van der Waals surface area (Å²) < 4.78 is 5.58. The Morgan fingerprint density at radius 1 is 0.850 bits per heavy atom. The van der Waals surface area contributed by atoms with Crippen LogP contribution in [-0.4, -0.2) is 12.2 Å². The summed E-state index contributed by atoms with van der Waals surface area (Å²) in [6.07, 6.45) is 16.6. The quantitative estimate of drug-likeness (QED) is 0.294. The Kier molecular flexibility index (Phi) is 10.9. The Morgan fingerprint density at radius 2 is 1.40 bits per heavy atom. The van der Waals surface area contributed by atoms with E-state index >= 15 is 0 Å². The van der Waals surface area contributed by atoms with E-state index in [-0.39, 0.29) is 5.56 Å². The van der Waals surface area contributed by atoms with E-state index in [4.69, 9.17) is 16.3 Å². The number of ether oxygens (including phenoxy) is 1. The first-order chi connectivity index (χ1) is 9.79. The molecule has 0 bridgehead atoms. The van der Waals surface area contributed by atoms with Gasteiger partial charge in [0, 0.05) is 5.92 Å². The molecule has 0 saturated carbocycles. The molecule has 1 aliphatic heterocycles. The molecule has 3 atom stereocenters. The number of hydrogen-bond donors (Lipinski definition) is 0. The highest BCUT2D eigenvalue weighted by Gasteiger charge is 2.33. The van der Waals surface area contributed by atoms with Crippen LogP contribution in [0.25, 0.3) is 0 Å². The molecule has 2 heteroatoms. The minimum Gasteiger partial charge on any atom is -0.362 e. The Bertz CT molecular complexity index is 219. The van der Waals surface area contributed by atoms with Gasteiger partial charge in [0.25, 0.3) is 0 Å². The fourth-order valence-electron chi connectivity index (χ4n) is 3.33. The van der Waals surface area contributed by atoms with E-state index in [2.05, 4.69) is 13.8 Å². The number of unbranched alkanes of at least 4 members (excludes halogenated alkanes) is 9. The molecule has 3 unspecified atom stereocenters. The Hall–Kier alpha value is 0.250. The minimum absolute atomic E-state index is 0.0153. The normalized spacial score (nSPS) is 26.2. The average molecular weight is 303 g/mol. The largest absolute Gasteiger partial charge is 0.362 e. The molecule has 1 saturated heterocycles. The van der Waals surface area contributed by atoms with Crippen LogP contribution in [0.3, 0.4) is 0 Å². The smallest absolute Gasteiger partial charge is 0.134 e. The van der Waals surface area contributed by atoms with Crippen molar-refractivity contribution in [2.75, 3.05) is 6.61 Å². The lowest BCUT2D eigenvalue weighted by molar-refractivity contribution is 0.148. The van der Waals surface area contributed by atoms with Gasteiger partial charge in [-0.2, -0.15) is 0 Å². The maximum atomic E-state index is 6.25. The molecular formula is C18H35ClO. The summed E-state index contributed by atoms with van der Waals surface area (Å²) in [4.78, 5) is 0. The molecule has 120 valence electrons. The van der Waals surface area contributed by atoms with Gasteiger partial charge in [-0.25, -0.2) is 0 Å². The van der Waals surface area contributed by atoms with Gasteiger partial charge >= 0.3 is 0 Å². The lowest BCUT2D eigenvalue weighted by Gasteiger charge is -2.18. The van der Waals surface area contributed by atoms with Crippen molar-refractivity contribution in [3.63, 3.8) is 0 Å². The van der Waals surface area contributed by atoms with Crippen LogP contribution in [0.4, 0.5) is 0 Å². The summed E-state index contributed by atoms with van der Waals surface area (Å²) in [7, 11) is 0. The van der Waals surface area contributed by atoms with Gasteiger partial charge in [0.1, 0.15) is 5.56 Å². The molecule has 0 amide bonds. The Labute approximate surface area is 131 Å².